The third-order valence-electron chi connectivity index (χ3n) is 2.29. The molecule has 2 aromatic rings. The molecule has 0 radical (unpaired) electrons. The van der Waals surface area contributed by atoms with Crippen molar-refractivity contribution in [1.29, 1.82) is 0 Å². The Morgan fingerprint density at radius 3 is 3.00 bits per heavy atom. The fourth-order valence-corrected chi connectivity index (χ4v) is 2.50. The topological polar surface area (TPSA) is 92.9 Å². The fourth-order valence-electron chi connectivity index (χ4n) is 1.41. The zero-order chi connectivity index (χ0) is 14.4. The second-order valence-electron chi connectivity index (χ2n) is 3.72. The number of anilines is 1. The van der Waals surface area contributed by atoms with E-state index in [9.17, 15) is 4.79 Å². The first-order valence-electron chi connectivity index (χ1n) is 5.75. The predicted octanol–water partition coefficient (Wildman–Crippen LogP) is 1.16. The maximum absolute atomic E-state index is 11.8. The third kappa shape index (κ3) is 4.02. The van der Waals surface area contributed by atoms with E-state index in [1.165, 1.54) is 16.4 Å². The summed E-state index contributed by atoms with van der Waals surface area (Å²) >= 11 is 4.58. The number of benzene rings is 1. The molecule has 0 bridgehead atoms. The number of thioether (sulfide) groups is 1. The number of carbonyl (C=O) groups excluding carboxylic acids is 1. The Morgan fingerprint density at radius 1 is 1.45 bits per heavy atom. The van der Waals surface area contributed by atoms with Crippen LogP contribution in [-0.2, 0) is 11.3 Å². The zero-order valence-corrected chi connectivity index (χ0v) is 12.8. The Hall–Kier alpha value is -1.45. The number of aliphatic hydroxyl groups is 1. The minimum Gasteiger partial charge on any atom is -0.394 e. The quantitative estimate of drug-likeness (QED) is 0.753. The van der Waals surface area contributed by atoms with Gasteiger partial charge >= 0.3 is 0 Å². The van der Waals surface area contributed by atoms with Gasteiger partial charge in [0.1, 0.15) is 0 Å². The Kier molecular flexibility index (Phi) is 5.50. The Morgan fingerprint density at radius 2 is 2.25 bits per heavy atom. The van der Waals surface area contributed by atoms with Crippen molar-refractivity contribution in [3.05, 3.63) is 28.7 Å². The summed E-state index contributed by atoms with van der Waals surface area (Å²) in [5.41, 5.74) is 0.716. The Labute approximate surface area is 127 Å². The van der Waals surface area contributed by atoms with Crippen LogP contribution >= 0.6 is 27.7 Å². The number of para-hydroxylation sites is 1. The summed E-state index contributed by atoms with van der Waals surface area (Å²) in [7, 11) is 0. The molecule has 0 unspecified atom stereocenters. The summed E-state index contributed by atoms with van der Waals surface area (Å²) in [5, 5.41) is 23.2. The number of rotatable bonds is 6. The largest absolute Gasteiger partial charge is 0.394 e. The summed E-state index contributed by atoms with van der Waals surface area (Å²) < 4.78 is 2.28. The maximum Gasteiger partial charge on any atom is 0.234 e. The highest BCUT2D eigenvalue weighted by atomic mass is 79.9. The molecule has 20 heavy (non-hydrogen) atoms. The summed E-state index contributed by atoms with van der Waals surface area (Å²) in [6.07, 6.45) is 0. The van der Waals surface area contributed by atoms with Gasteiger partial charge in [0, 0.05) is 4.47 Å². The molecule has 7 nitrogen and oxygen atoms in total. The predicted molar refractivity (Wildman–Crippen MR) is 78.4 cm³/mol. The van der Waals surface area contributed by atoms with Gasteiger partial charge in [-0.05, 0) is 38.5 Å². The van der Waals surface area contributed by atoms with E-state index in [0.29, 0.717) is 17.4 Å². The number of hydrogen-bond donors (Lipinski definition) is 2. The van der Waals surface area contributed by atoms with E-state index in [4.69, 9.17) is 5.11 Å². The lowest BCUT2D eigenvalue weighted by Crippen LogP contribution is -2.15. The summed E-state index contributed by atoms with van der Waals surface area (Å²) in [5.74, 6) is 0.0353. The Balaban J connectivity index is 1.89. The van der Waals surface area contributed by atoms with E-state index >= 15 is 0 Å². The normalized spacial score (nSPS) is 10.5. The highest BCUT2D eigenvalue weighted by molar-refractivity contribution is 9.10. The number of carbonyl (C=O) groups is 1. The molecule has 9 heteroatoms. The molecule has 0 fully saturated rings. The minimum atomic E-state index is -0.152. The zero-order valence-electron chi connectivity index (χ0n) is 10.4. The number of hydrogen-bond acceptors (Lipinski definition) is 6. The van der Waals surface area contributed by atoms with Crippen LogP contribution < -0.4 is 5.32 Å². The second kappa shape index (κ2) is 7.36. The lowest BCUT2D eigenvalue weighted by atomic mass is 10.3. The second-order valence-corrected chi connectivity index (χ2v) is 5.52. The average Bonchev–Trinajstić information content (AvgIpc) is 2.87. The van der Waals surface area contributed by atoms with E-state index in [0.717, 1.165) is 4.47 Å². The van der Waals surface area contributed by atoms with Crippen molar-refractivity contribution < 1.29 is 9.90 Å². The number of nitrogens with one attached hydrogen (secondary N) is 1. The number of halogens is 1. The summed E-state index contributed by atoms with van der Waals surface area (Å²) in [6, 6.07) is 7.37. The highest BCUT2D eigenvalue weighted by Crippen LogP contribution is 2.22. The number of tetrazole rings is 1. The molecule has 0 aliphatic rings. The van der Waals surface area contributed by atoms with Gasteiger partial charge in [-0.2, -0.15) is 0 Å². The van der Waals surface area contributed by atoms with Gasteiger partial charge in [0.25, 0.3) is 0 Å². The molecule has 1 aromatic carbocycles. The van der Waals surface area contributed by atoms with Crippen molar-refractivity contribution in [3.63, 3.8) is 0 Å². The number of amides is 1. The molecular weight excluding hydrogens is 346 g/mol. The van der Waals surface area contributed by atoms with Crippen molar-refractivity contribution in [2.75, 3.05) is 17.7 Å². The lowest BCUT2D eigenvalue weighted by Gasteiger charge is -2.06. The number of aliphatic hydroxyl groups excluding tert-OH is 1. The van der Waals surface area contributed by atoms with Crippen LogP contribution in [0.3, 0.4) is 0 Å². The summed E-state index contributed by atoms with van der Waals surface area (Å²) in [4.78, 5) is 11.8. The fraction of sp³-hybridized carbons (Fsp3) is 0.273. The van der Waals surface area contributed by atoms with Crippen LogP contribution in [0, 0.1) is 0 Å². The monoisotopic (exact) mass is 357 g/mol. The number of nitrogens with zero attached hydrogens (tertiary/aromatic N) is 4. The van der Waals surface area contributed by atoms with Gasteiger partial charge in [-0.3, -0.25) is 4.79 Å². The molecule has 1 amide bonds. The van der Waals surface area contributed by atoms with Gasteiger partial charge < -0.3 is 10.4 Å². The maximum atomic E-state index is 11.8. The molecule has 2 N–H and O–H groups in total. The van der Waals surface area contributed by atoms with Gasteiger partial charge in [-0.15, -0.1) is 5.10 Å². The van der Waals surface area contributed by atoms with Crippen LogP contribution in [0.25, 0.3) is 0 Å². The van der Waals surface area contributed by atoms with Crippen LogP contribution in [0.4, 0.5) is 5.69 Å². The van der Waals surface area contributed by atoms with E-state index in [-0.39, 0.29) is 18.3 Å². The van der Waals surface area contributed by atoms with Crippen LogP contribution in [-0.4, -0.2) is 43.6 Å². The highest BCUT2D eigenvalue weighted by Gasteiger charge is 2.10. The van der Waals surface area contributed by atoms with Crippen LogP contribution in [0.5, 0.6) is 0 Å². The smallest absolute Gasteiger partial charge is 0.234 e. The Bertz CT molecular complexity index is 592. The van der Waals surface area contributed by atoms with Gasteiger partial charge in [-0.1, -0.05) is 23.9 Å². The van der Waals surface area contributed by atoms with Crippen molar-refractivity contribution in [1.82, 2.24) is 20.2 Å². The first-order valence-corrected chi connectivity index (χ1v) is 7.53. The SMILES string of the molecule is O=C(CSc1nnnn1CCO)Nc1ccccc1Br. The van der Waals surface area contributed by atoms with Crippen molar-refractivity contribution >= 4 is 39.3 Å². The van der Waals surface area contributed by atoms with E-state index in [1.807, 2.05) is 24.3 Å². The molecule has 0 aliphatic carbocycles. The van der Waals surface area contributed by atoms with Crippen LogP contribution in [0.1, 0.15) is 0 Å². The van der Waals surface area contributed by atoms with Gasteiger partial charge in [0.15, 0.2) is 0 Å². The molecule has 2 rings (SSSR count). The molecule has 0 aliphatic heterocycles. The molecule has 0 saturated carbocycles. The molecule has 1 heterocycles. The van der Waals surface area contributed by atoms with E-state index in [2.05, 4.69) is 36.8 Å². The molecule has 0 saturated heterocycles. The van der Waals surface area contributed by atoms with Gasteiger partial charge in [0.05, 0.1) is 24.6 Å². The van der Waals surface area contributed by atoms with Crippen LogP contribution in [0.2, 0.25) is 0 Å². The first kappa shape index (κ1) is 14.9. The summed E-state index contributed by atoms with van der Waals surface area (Å²) in [6.45, 7) is 0.253. The van der Waals surface area contributed by atoms with E-state index < -0.39 is 0 Å². The third-order valence-corrected chi connectivity index (χ3v) is 3.94. The lowest BCUT2D eigenvalue weighted by molar-refractivity contribution is -0.113. The minimum absolute atomic E-state index is 0.0538. The van der Waals surface area contributed by atoms with Gasteiger partial charge in [-0.25, -0.2) is 4.68 Å². The first-order chi connectivity index (χ1) is 9.70. The van der Waals surface area contributed by atoms with Crippen LogP contribution in [0.15, 0.2) is 33.9 Å². The van der Waals surface area contributed by atoms with Crippen molar-refractivity contribution in [2.24, 2.45) is 0 Å². The van der Waals surface area contributed by atoms with Crippen molar-refractivity contribution in [2.45, 2.75) is 11.7 Å². The molecular formula is C11H12BrN5O2S. The van der Waals surface area contributed by atoms with Crippen molar-refractivity contribution in [3.8, 4) is 0 Å². The molecule has 106 valence electrons. The molecule has 0 spiro atoms. The molecule has 0 atom stereocenters. The van der Waals surface area contributed by atoms with E-state index in [1.54, 1.807) is 0 Å². The van der Waals surface area contributed by atoms with Gasteiger partial charge in [0.2, 0.25) is 11.1 Å². The average molecular weight is 358 g/mol. The standard InChI is InChI=1S/C11H12BrN5O2S/c12-8-3-1-2-4-9(8)13-10(19)7-20-11-14-15-16-17(11)5-6-18/h1-4,18H,5-7H2,(H,13,19). The number of aromatic nitrogens is 4. The molecule has 1 aromatic heterocycles.